The monoisotopic (exact) mass is 387 g/mol. The van der Waals surface area contributed by atoms with E-state index in [0.717, 1.165) is 9.26 Å². The Balaban J connectivity index is 2.72. The molecule has 1 amide bonds. The maximum Gasteiger partial charge on any atom is 0.225 e. The molecule has 1 aromatic carbocycles. The predicted octanol–water partition coefficient (Wildman–Crippen LogP) is 3.67. The second-order valence-electron chi connectivity index (χ2n) is 2.61. The lowest BCUT2D eigenvalue weighted by Crippen LogP contribution is -2.12. The van der Waals surface area contributed by atoms with Crippen molar-refractivity contribution in [2.24, 2.45) is 0 Å². The van der Waals surface area contributed by atoms with Crippen LogP contribution >= 0.6 is 50.1 Å². The van der Waals surface area contributed by atoms with E-state index in [-0.39, 0.29) is 5.91 Å². The highest BCUT2D eigenvalue weighted by Gasteiger charge is 2.04. The third kappa shape index (κ3) is 3.74. The zero-order valence-electron chi connectivity index (χ0n) is 7.19. The summed E-state index contributed by atoms with van der Waals surface area (Å²) in [6, 6.07) is 5.37. The van der Waals surface area contributed by atoms with Crippen molar-refractivity contribution in [3.05, 3.63) is 26.8 Å². The number of benzene rings is 1. The minimum absolute atomic E-state index is 0.00196. The van der Waals surface area contributed by atoms with Crippen LogP contribution in [0.5, 0.6) is 0 Å². The first-order valence-electron chi connectivity index (χ1n) is 3.94. The van der Waals surface area contributed by atoms with E-state index in [1.54, 1.807) is 12.1 Å². The van der Waals surface area contributed by atoms with Gasteiger partial charge in [0.25, 0.3) is 0 Å². The number of anilines is 1. The molecule has 1 rings (SSSR count). The molecule has 1 aromatic rings. The average molecular weight is 388 g/mol. The number of nitrogens with one attached hydrogen (secondary N) is 1. The maximum atomic E-state index is 11.3. The lowest BCUT2D eigenvalue weighted by atomic mass is 10.3. The number of hydrogen-bond donors (Lipinski definition) is 1. The average Bonchev–Trinajstić information content (AvgIpc) is 2.10. The SMILES string of the molecule is O=C(CCBr)Nc1ccc(Cl)cc1I. The summed E-state index contributed by atoms with van der Waals surface area (Å²) in [5, 5.41) is 4.15. The van der Waals surface area contributed by atoms with Gasteiger partial charge in [0, 0.05) is 20.3 Å². The van der Waals surface area contributed by atoms with Gasteiger partial charge in [0.1, 0.15) is 0 Å². The smallest absolute Gasteiger partial charge is 0.225 e. The number of rotatable bonds is 3. The Morgan fingerprint density at radius 3 is 2.86 bits per heavy atom. The molecule has 0 aliphatic rings. The molecule has 0 saturated carbocycles. The number of hydrogen-bond acceptors (Lipinski definition) is 1. The Morgan fingerprint density at radius 2 is 2.29 bits per heavy atom. The predicted molar refractivity (Wildman–Crippen MR) is 71.2 cm³/mol. The summed E-state index contributed by atoms with van der Waals surface area (Å²) < 4.78 is 0.943. The molecule has 0 aromatic heterocycles. The Hall–Kier alpha value is 0.190. The van der Waals surface area contributed by atoms with Crippen LogP contribution in [0.1, 0.15) is 6.42 Å². The Kier molecular flexibility index (Phi) is 5.19. The van der Waals surface area contributed by atoms with Crippen molar-refractivity contribution >= 4 is 61.7 Å². The summed E-state index contributed by atoms with van der Waals surface area (Å²) in [6.45, 7) is 0. The summed E-state index contributed by atoms with van der Waals surface area (Å²) >= 11 is 11.1. The van der Waals surface area contributed by atoms with Crippen LogP contribution in [0.15, 0.2) is 18.2 Å². The minimum atomic E-state index is 0.00196. The van der Waals surface area contributed by atoms with Crippen LogP contribution in [0.3, 0.4) is 0 Å². The third-order valence-corrected chi connectivity index (χ3v) is 3.05. The van der Waals surface area contributed by atoms with E-state index in [0.29, 0.717) is 16.8 Å². The highest BCUT2D eigenvalue weighted by atomic mass is 127. The summed E-state index contributed by atoms with van der Waals surface area (Å²) in [7, 11) is 0. The zero-order chi connectivity index (χ0) is 10.6. The molecule has 0 aliphatic heterocycles. The summed E-state index contributed by atoms with van der Waals surface area (Å²) in [5.74, 6) is 0.00196. The van der Waals surface area contributed by atoms with Gasteiger partial charge in [0.05, 0.1) is 5.69 Å². The van der Waals surface area contributed by atoms with Crippen molar-refractivity contribution in [3.63, 3.8) is 0 Å². The van der Waals surface area contributed by atoms with E-state index >= 15 is 0 Å². The minimum Gasteiger partial charge on any atom is -0.325 e. The van der Waals surface area contributed by atoms with Gasteiger partial charge in [-0.1, -0.05) is 27.5 Å². The van der Waals surface area contributed by atoms with Crippen molar-refractivity contribution in [2.45, 2.75) is 6.42 Å². The van der Waals surface area contributed by atoms with E-state index in [2.05, 4.69) is 43.8 Å². The molecule has 0 atom stereocenters. The fourth-order valence-corrected chi connectivity index (χ4v) is 2.26. The third-order valence-electron chi connectivity index (χ3n) is 1.53. The van der Waals surface area contributed by atoms with Crippen LogP contribution in [0.4, 0.5) is 5.69 Å². The lowest BCUT2D eigenvalue weighted by molar-refractivity contribution is -0.115. The Morgan fingerprint density at radius 1 is 1.57 bits per heavy atom. The second kappa shape index (κ2) is 5.92. The molecule has 14 heavy (non-hydrogen) atoms. The molecule has 5 heteroatoms. The topological polar surface area (TPSA) is 29.1 Å². The molecule has 76 valence electrons. The van der Waals surface area contributed by atoms with Gasteiger partial charge in [-0.25, -0.2) is 0 Å². The number of halogens is 3. The fraction of sp³-hybridized carbons (Fsp3) is 0.222. The van der Waals surface area contributed by atoms with Crippen LogP contribution in [-0.2, 0) is 4.79 Å². The summed E-state index contributed by atoms with van der Waals surface area (Å²) in [6.07, 6.45) is 0.471. The number of alkyl halides is 1. The van der Waals surface area contributed by atoms with Crippen LogP contribution in [0.2, 0.25) is 5.02 Å². The first-order chi connectivity index (χ1) is 6.63. The van der Waals surface area contributed by atoms with Gasteiger partial charge in [0.2, 0.25) is 5.91 Å². The molecule has 0 radical (unpaired) electrons. The van der Waals surface area contributed by atoms with Gasteiger partial charge < -0.3 is 5.32 Å². The van der Waals surface area contributed by atoms with E-state index in [1.807, 2.05) is 6.07 Å². The van der Waals surface area contributed by atoms with Crippen molar-refractivity contribution in [1.29, 1.82) is 0 Å². The van der Waals surface area contributed by atoms with Crippen molar-refractivity contribution < 1.29 is 4.79 Å². The largest absolute Gasteiger partial charge is 0.325 e. The number of amides is 1. The first kappa shape index (κ1) is 12.3. The molecule has 0 aliphatic carbocycles. The number of carbonyl (C=O) groups excluding carboxylic acids is 1. The highest BCUT2D eigenvalue weighted by molar-refractivity contribution is 14.1. The Labute approximate surface area is 110 Å². The second-order valence-corrected chi connectivity index (χ2v) is 5.00. The van der Waals surface area contributed by atoms with Crippen LogP contribution < -0.4 is 5.32 Å². The molecule has 0 bridgehead atoms. The first-order valence-corrected chi connectivity index (χ1v) is 6.52. The van der Waals surface area contributed by atoms with Gasteiger partial charge in [0.15, 0.2) is 0 Å². The van der Waals surface area contributed by atoms with E-state index in [4.69, 9.17) is 11.6 Å². The zero-order valence-corrected chi connectivity index (χ0v) is 11.7. The fourth-order valence-electron chi connectivity index (χ4n) is 0.889. The summed E-state index contributed by atoms with van der Waals surface area (Å²) in [5.41, 5.74) is 0.806. The Bertz CT molecular complexity index is 346. The lowest BCUT2D eigenvalue weighted by Gasteiger charge is -2.06. The van der Waals surface area contributed by atoms with E-state index < -0.39 is 0 Å². The normalized spacial score (nSPS) is 9.93. The van der Waals surface area contributed by atoms with E-state index in [9.17, 15) is 4.79 Å². The molecule has 1 N–H and O–H groups in total. The van der Waals surface area contributed by atoms with Gasteiger partial charge in [-0.15, -0.1) is 0 Å². The van der Waals surface area contributed by atoms with Gasteiger partial charge in [-0.2, -0.15) is 0 Å². The molecule has 0 unspecified atom stereocenters. The van der Waals surface area contributed by atoms with Crippen LogP contribution in [0, 0.1) is 3.57 Å². The molecule has 0 spiro atoms. The standard InChI is InChI=1S/C9H8BrClINO/c10-4-3-9(14)13-8-2-1-6(11)5-7(8)12/h1-2,5H,3-4H2,(H,13,14). The van der Waals surface area contributed by atoms with Crippen molar-refractivity contribution in [3.8, 4) is 0 Å². The summed E-state index contributed by atoms with van der Waals surface area (Å²) in [4.78, 5) is 11.3. The van der Waals surface area contributed by atoms with Crippen LogP contribution in [-0.4, -0.2) is 11.2 Å². The molecule has 0 heterocycles. The van der Waals surface area contributed by atoms with Crippen LogP contribution in [0.25, 0.3) is 0 Å². The molecular weight excluding hydrogens is 380 g/mol. The molecule has 2 nitrogen and oxygen atoms in total. The maximum absolute atomic E-state index is 11.3. The van der Waals surface area contributed by atoms with Gasteiger partial charge in [-0.3, -0.25) is 4.79 Å². The van der Waals surface area contributed by atoms with Crippen molar-refractivity contribution in [1.82, 2.24) is 0 Å². The van der Waals surface area contributed by atoms with E-state index in [1.165, 1.54) is 0 Å². The van der Waals surface area contributed by atoms with Gasteiger partial charge >= 0.3 is 0 Å². The molecule has 0 fully saturated rings. The molecular formula is C9H8BrClINO. The van der Waals surface area contributed by atoms with Crippen molar-refractivity contribution in [2.75, 3.05) is 10.6 Å². The molecule has 0 saturated heterocycles. The highest BCUT2D eigenvalue weighted by Crippen LogP contribution is 2.22. The quantitative estimate of drug-likeness (QED) is 0.621. The number of carbonyl (C=O) groups is 1. The van der Waals surface area contributed by atoms with Gasteiger partial charge in [-0.05, 0) is 40.8 Å².